The van der Waals surface area contributed by atoms with Gasteiger partial charge in [-0.1, -0.05) is 42.0 Å². The molecule has 0 aromatic heterocycles. The molecule has 0 saturated heterocycles. The minimum Gasteiger partial charge on any atom is -0.491 e. The van der Waals surface area contributed by atoms with Gasteiger partial charge in [-0.2, -0.15) is 0 Å². The predicted molar refractivity (Wildman–Crippen MR) is 127 cm³/mol. The van der Waals surface area contributed by atoms with Gasteiger partial charge in [0.05, 0.1) is 16.7 Å². The highest BCUT2D eigenvalue weighted by molar-refractivity contribution is 7.92. The molecular weight excluding hydrogens is 434 g/mol. The van der Waals surface area contributed by atoms with Crippen molar-refractivity contribution in [1.82, 2.24) is 0 Å². The molecule has 0 spiro atoms. The van der Waals surface area contributed by atoms with Crippen molar-refractivity contribution in [1.29, 1.82) is 0 Å². The molecule has 0 atom stereocenters. The van der Waals surface area contributed by atoms with Gasteiger partial charge in [0.15, 0.2) is 5.78 Å². The normalized spacial score (nSPS) is 11.4. The molecule has 0 amide bonds. The van der Waals surface area contributed by atoms with Crippen molar-refractivity contribution >= 4 is 33.1 Å². The summed E-state index contributed by atoms with van der Waals surface area (Å²) >= 11 is 6.10. The fourth-order valence-corrected chi connectivity index (χ4v) is 4.00. The zero-order valence-corrected chi connectivity index (χ0v) is 19.5. The Hall–Kier alpha value is -2.83. The maximum Gasteiger partial charge on any atom is 0.261 e. The molecule has 0 aliphatic carbocycles. The number of anilines is 1. The lowest BCUT2D eigenvalue weighted by Gasteiger charge is -2.14. The summed E-state index contributed by atoms with van der Waals surface area (Å²) in [7, 11) is -3.94. The molecule has 0 aliphatic heterocycles. The van der Waals surface area contributed by atoms with Gasteiger partial charge in [0, 0.05) is 16.2 Å². The molecule has 0 unspecified atom stereocenters. The highest BCUT2D eigenvalue weighted by Gasteiger charge is 2.21. The Morgan fingerprint density at radius 3 is 2.32 bits per heavy atom. The van der Waals surface area contributed by atoms with Gasteiger partial charge in [-0.15, -0.1) is 0 Å². The molecule has 2 aromatic carbocycles. The number of rotatable bonds is 9. The van der Waals surface area contributed by atoms with Crippen LogP contribution in [-0.2, 0) is 10.0 Å². The number of carbonyl (C=O) groups is 1. The Balaban J connectivity index is 2.44. The van der Waals surface area contributed by atoms with Crippen LogP contribution in [0, 0.1) is 0 Å². The number of halogens is 1. The van der Waals surface area contributed by atoms with E-state index in [1.807, 2.05) is 13.8 Å². The van der Waals surface area contributed by atoms with Gasteiger partial charge >= 0.3 is 0 Å². The molecule has 31 heavy (non-hydrogen) atoms. The summed E-state index contributed by atoms with van der Waals surface area (Å²) in [5.41, 5.74) is 1.50. The first kappa shape index (κ1) is 24.4. The first-order valence-electron chi connectivity index (χ1n) is 9.65. The number of carbonyl (C=O) groups excluding carboxylic acids is 1. The second-order valence-electron chi connectivity index (χ2n) is 7.27. The first-order valence-corrected chi connectivity index (χ1v) is 11.5. The van der Waals surface area contributed by atoms with Crippen LogP contribution in [0.3, 0.4) is 0 Å². The van der Waals surface area contributed by atoms with Crippen LogP contribution in [0.4, 0.5) is 5.69 Å². The van der Waals surface area contributed by atoms with Crippen molar-refractivity contribution in [2.24, 2.45) is 0 Å². The molecule has 7 heteroatoms. The molecule has 0 radical (unpaired) electrons. The molecule has 0 bridgehead atoms. The Labute approximate surface area is 189 Å². The summed E-state index contributed by atoms with van der Waals surface area (Å²) in [5, 5.41) is 0.322. The van der Waals surface area contributed by atoms with Crippen LogP contribution >= 0.6 is 11.6 Å². The van der Waals surface area contributed by atoms with Crippen molar-refractivity contribution in [3.05, 3.63) is 89.0 Å². The van der Waals surface area contributed by atoms with Crippen LogP contribution in [-0.4, -0.2) is 20.3 Å². The summed E-state index contributed by atoms with van der Waals surface area (Å²) in [4.78, 5) is 13.2. The van der Waals surface area contributed by atoms with Crippen molar-refractivity contribution in [2.75, 3.05) is 4.72 Å². The number of nitrogens with one attached hydrogen (secondary N) is 1. The van der Waals surface area contributed by atoms with Gasteiger partial charge in [0.25, 0.3) is 10.0 Å². The molecule has 2 aromatic rings. The summed E-state index contributed by atoms with van der Waals surface area (Å²) in [6.45, 7) is 11.0. The average molecular weight is 460 g/mol. The van der Waals surface area contributed by atoms with E-state index in [4.69, 9.17) is 16.3 Å². The monoisotopic (exact) mass is 459 g/mol. The highest BCUT2D eigenvalue weighted by Crippen LogP contribution is 2.28. The largest absolute Gasteiger partial charge is 0.491 e. The van der Waals surface area contributed by atoms with E-state index in [1.54, 1.807) is 44.2 Å². The lowest BCUT2D eigenvalue weighted by molar-refractivity contribution is 0.103. The van der Waals surface area contributed by atoms with E-state index in [-0.39, 0.29) is 28.0 Å². The third-order valence-electron chi connectivity index (χ3n) is 4.16. The number of Topliss-reactive ketones (excluding diaryl/α,β-unsaturated/α-hetero) is 1. The summed E-state index contributed by atoms with van der Waals surface area (Å²) in [6, 6.07) is 10.5. The fourth-order valence-electron chi connectivity index (χ4n) is 2.75. The van der Waals surface area contributed by atoms with E-state index < -0.39 is 10.0 Å². The second-order valence-corrected chi connectivity index (χ2v) is 9.39. The maximum absolute atomic E-state index is 13.2. The van der Waals surface area contributed by atoms with Gasteiger partial charge in [-0.25, -0.2) is 8.42 Å². The van der Waals surface area contributed by atoms with E-state index >= 15 is 0 Å². The van der Waals surface area contributed by atoms with Crippen LogP contribution in [0.1, 0.15) is 38.1 Å². The number of sulfonamides is 1. The van der Waals surface area contributed by atoms with Crippen LogP contribution in [0.25, 0.3) is 0 Å². The Morgan fingerprint density at radius 2 is 1.77 bits per heavy atom. The van der Waals surface area contributed by atoms with Gasteiger partial charge in [0.1, 0.15) is 5.75 Å². The van der Waals surface area contributed by atoms with Crippen LogP contribution in [0.15, 0.2) is 83.3 Å². The second kappa shape index (κ2) is 10.5. The van der Waals surface area contributed by atoms with Gasteiger partial charge in [-0.05, 0) is 70.2 Å². The van der Waals surface area contributed by atoms with E-state index in [2.05, 4.69) is 11.3 Å². The molecule has 0 heterocycles. The Bertz CT molecular complexity index is 1130. The lowest BCUT2D eigenvalue weighted by Crippen LogP contribution is -2.16. The number of hydrogen-bond acceptors (Lipinski definition) is 4. The number of benzene rings is 2. The molecule has 0 aliphatic rings. The minimum absolute atomic E-state index is 0.0253. The van der Waals surface area contributed by atoms with E-state index in [0.29, 0.717) is 16.3 Å². The van der Waals surface area contributed by atoms with Gasteiger partial charge in [0.2, 0.25) is 0 Å². The zero-order valence-electron chi connectivity index (χ0n) is 18.0. The molecule has 164 valence electrons. The van der Waals surface area contributed by atoms with E-state index in [1.165, 1.54) is 30.3 Å². The highest BCUT2D eigenvalue weighted by atomic mass is 35.5. The third-order valence-corrected chi connectivity index (χ3v) is 5.78. The van der Waals surface area contributed by atoms with E-state index in [0.717, 1.165) is 5.57 Å². The van der Waals surface area contributed by atoms with Crippen LogP contribution < -0.4 is 9.46 Å². The smallest absolute Gasteiger partial charge is 0.261 e. The fraction of sp³-hybridized carbons (Fsp3) is 0.208. The number of ketones is 1. The topological polar surface area (TPSA) is 72.5 Å². The minimum atomic E-state index is -3.94. The Morgan fingerprint density at radius 1 is 1.13 bits per heavy atom. The number of allylic oxidation sites excluding steroid dienone is 5. The molecule has 5 nitrogen and oxygen atoms in total. The lowest BCUT2D eigenvalue weighted by atomic mass is 9.98. The van der Waals surface area contributed by atoms with Crippen molar-refractivity contribution in [2.45, 2.75) is 38.7 Å². The maximum atomic E-state index is 13.2. The molecular formula is C24H26ClNO4S. The SMILES string of the molecule is C=C/C=C\C(C(=O)c1cc(Cl)ccc1NS(=O)(=O)c1ccc(OC(C)C)cc1)=C(C)C. The summed E-state index contributed by atoms with van der Waals surface area (Å²) < 4.78 is 33.9. The van der Waals surface area contributed by atoms with Crippen LogP contribution in [0.5, 0.6) is 5.75 Å². The standard InChI is InChI=1S/C24H26ClNO4S/c1-6-7-8-21(16(2)3)24(27)22-15-18(25)9-14-23(22)26-31(28,29)20-12-10-19(11-13-20)30-17(4)5/h6-15,17,26H,1H2,2-5H3/b8-7-. The Kier molecular flexibility index (Phi) is 8.25. The molecule has 2 rings (SSSR count). The van der Waals surface area contributed by atoms with E-state index in [9.17, 15) is 13.2 Å². The summed E-state index contributed by atoms with van der Waals surface area (Å²) in [6.07, 6.45) is 4.82. The zero-order chi connectivity index (χ0) is 23.2. The quantitative estimate of drug-likeness (QED) is 0.275. The van der Waals surface area contributed by atoms with Crippen molar-refractivity contribution in [3.8, 4) is 5.75 Å². The summed E-state index contributed by atoms with van der Waals surface area (Å²) in [5.74, 6) is 0.220. The first-order chi connectivity index (χ1) is 14.5. The predicted octanol–water partition coefficient (Wildman–Crippen LogP) is 6.19. The molecule has 1 N–H and O–H groups in total. The number of ether oxygens (including phenoxy) is 1. The molecule has 0 saturated carbocycles. The van der Waals surface area contributed by atoms with Gasteiger partial charge in [-0.3, -0.25) is 9.52 Å². The van der Waals surface area contributed by atoms with Crippen molar-refractivity contribution < 1.29 is 17.9 Å². The van der Waals surface area contributed by atoms with Crippen molar-refractivity contribution in [3.63, 3.8) is 0 Å². The van der Waals surface area contributed by atoms with Crippen LogP contribution in [0.2, 0.25) is 5.02 Å². The average Bonchev–Trinajstić information content (AvgIpc) is 2.69. The number of hydrogen-bond donors (Lipinski definition) is 1. The van der Waals surface area contributed by atoms with Gasteiger partial charge < -0.3 is 4.74 Å². The molecule has 0 fully saturated rings. The third kappa shape index (κ3) is 6.57.